The summed E-state index contributed by atoms with van der Waals surface area (Å²) >= 11 is 0. The zero-order valence-corrected chi connectivity index (χ0v) is 14.8. The van der Waals surface area contributed by atoms with E-state index < -0.39 is 0 Å². The van der Waals surface area contributed by atoms with E-state index in [1.807, 2.05) is 0 Å². The van der Waals surface area contributed by atoms with Gasteiger partial charge in [-0.05, 0) is 42.3 Å². The van der Waals surface area contributed by atoms with Gasteiger partial charge >= 0.3 is 0 Å². The summed E-state index contributed by atoms with van der Waals surface area (Å²) < 4.78 is 18.1. The lowest BCUT2D eigenvalue weighted by atomic mass is 10.1. The van der Waals surface area contributed by atoms with Gasteiger partial charge in [-0.25, -0.2) is 4.39 Å². The van der Waals surface area contributed by atoms with Crippen LogP contribution in [0.25, 0.3) is 0 Å². The summed E-state index contributed by atoms with van der Waals surface area (Å²) in [6.07, 6.45) is 0.618. The monoisotopic (exact) mass is 359 g/mol. The highest BCUT2D eigenvalue weighted by Gasteiger charge is 2.07. The lowest BCUT2D eigenvalue weighted by Crippen LogP contribution is -2.31. The van der Waals surface area contributed by atoms with Gasteiger partial charge in [-0.1, -0.05) is 12.1 Å². The van der Waals surface area contributed by atoms with Gasteiger partial charge in [-0.15, -0.1) is 0 Å². The van der Waals surface area contributed by atoms with Crippen LogP contribution >= 0.6 is 0 Å². The van der Waals surface area contributed by atoms with E-state index in [2.05, 4.69) is 16.0 Å². The SMILES string of the molecule is COc1ccc(NC(C)=O)cc1NCC(=O)NCCc1ccc(F)cc1. The minimum absolute atomic E-state index is 0.0588. The Labute approximate surface area is 151 Å². The van der Waals surface area contributed by atoms with E-state index in [1.165, 1.54) is 26.2 Å². The molecule has 7 heteroatoms. The number of nitrogens with one attached hydrogen (secondary N) is 3. The van der Waals surface area contributed by atoms with E-state index in [-0.39, 0.29) is 24.2 Å². The number of rotatable bonds is 8. The summed E-state index contributed by atoms with van der Waals surface area (Å²) in [6, 6.07) is 11.3. The molecule has 2 rings (SSSR count). The van der Waals surface area contributed by atoms with Gasteiger partial charge in [0.2, 0.25) is 11.8 Å². The smallest absolute Gasteiger partial charge is 0.239 e. The Bertz CT molecular complexity index is 763. The molecule has 0 saturated heterocycles. The molecule has 138 valence electrons. The number of benzene rings is 2. The van der Waals surface area contributed by atoms with Crippen LogP contribution in [0.3, 0.4) is 0 Å². The normalized spacial score (nSPS) is 10.1. The predicted molar refractivity (Wildman–Crippen MR) is 98.9 cm³/mol. The van der Waals surface area contributed by atoms with Crippen LogP contribution in [-0.2, 0) is 16.0 Å². The topological polar surface area (TPSA) is 79.5 Å². The van der Waals surface area contributed by atoms with Crippen LogP contribution in [-0.4, -0.2) is 32.0 Å². The average molecular weight is 359 g/mol. The van der Waals surface area contributed by atoms with Crippen LogP contribution in [0, 0.1) is 5.82 Å². The number of carbonyl (C=O) groups is 2. The van der Waals surface area contributed by atoms with Gasteiger partial charge in [0.15, 0.2) is 0 Å². The Hall–Kier alpha value is -3.09. The zero-order chi connectivity index (χ0) is 18.9. The second-order valence-corrected chi connectivity index (χ2v) is 5.68. The maximum atomic E-state index is 12.8. The summed E-state index contributed by atoms with van der Waals surface area (Å²) in [6.45, 7) is 1.93. The average Bonchev–Trinajstić information content (AvgIpc) is 2.61. The van der Waals surface area contributed by atoms with Gasteiger partial charge in [0.25, 0.3) is 0 Å². The first-order chi connectivity index (χ1) is 12.5. The highest BCUT2D eigenvalue weighted by molar-refractivity contribution is 5.90. The van der Waals surface area contributed by atoms with Crippen molar-refractivity contribution < 1.29 is 18.7 Å². The molecule has 0 spiro atoms. The molecule has 0 fully saturated rings. The molecule has 0 radical (unpaired) electrons. The first kappa shape index (κ1) is 19.2. The van der Waals surface area contributed by atoms with Gasteiger partial charge < -0.3 is 20.7 Å². The molecule has 2 aromatic rings. The zero-order valence-electron chi connectivity index (χ0n) is 14.8. The molecule has 0 bridgehead atoms. The molecule has 6 nitrogen and oxygen atoms in total. The van der Waals surface area contributed by atoms with Gasteiger partial charge in [0, 0.05) is 19.2 Å². The predicted octanol–water partition coefficient (Wildman–Crippen LogP) is 2.56. The molecule has 0 atom stereocenters. The van der Waals surface area contributed by atoms with Crippen molar-refractivity contribution in [2.75, 3.05) is 30.8 Å². The molecule has 0 aliphatic heterocycles. The van der Waals surface area contributed by atoms with Crippen LogP contribution in [0.15, 0.2) is 42.5 Å². The van der Waals surface area contributed by atoms with E-state index >= 15 is 0 Å². The maximum absolute atomic E-state index is 12.8. The Morgan fingerprint density at radius 2 is 1.85 bits per heavy atom. The minimum atomic E-state index is -0.280. The van der Waals surface area contributed by atoms with Crippen molar-refractivity contribution in [2.24, 2.45) is 0 Å². The Kier molecular flexibility index (Phi) is 6.96. The standard InChI is InChI=1S/C19H22FN3O3/c1-13(24)23-16-7-8-18(26-2)17(11-16)22-12-19(25)21-10-9-14-3-5-15(20)6-4-14/h3-8,11,22H,9-10,12H2,1-2H3,(H,21,25)(H,23,24). The van der Waals surface area contributed by atoms with Gasteiger partial charge in [0.1, 0.15) is 11.6 Å². The summed E-state index contributed by atoms with van der Waals surface area (Å²) in [5.41, 5.74) is 2.16. The van der Waals surface area contributed by atoms with Crippen molar-refractivity contribution in [1.82, 2.24) is 5.32 Å². The van der Waals surface area contributed by atoms with Crippen molar-refractivity contribution in [3.8, 4) is 5.75 Å². The molecule has 3 N–H and O–H groups in total. The molecule has 0 aliphatic carbocycles. The first-order valence-electron chi connectivity index (χ1n) is 8.18. The summed E-state index contributed by atoms with van der Waals surface area (Å²) in [7, 11) is 1.53. The quantitative estimate of drug-likeness (QED) is 0.677. The number of anilines is 2. The molecule has 0 heterocycles. The summed E-state index contributed by atoms with van der Waals surface area (Å²) in [4.78, 5) is 23.1. The molecule has 2 aromatic carbocycles. The molecule has 0 aliphatic rings. The number of amides is 2. The van der Waals surface area contributed by atoms with E-state index in [4.69, 9.17) is 4.74 Å². The number of halogens is 1. The van der Waals surface area contributed by atoms with Crippen LogP contribution < -0.4 is 20.7 Å². The first-order valence-corrected chi connectivity index (χ1v) is 8.18. The number of methoxy groups -OCH3 is 1. The largest absolute Gasteiger partial charge is 0.495 e. The number of ether oxygens (including phenoxy) is 1. The molecular weight excluding hydrogens is 337 g/mol. The summed E-state index contributed by atoms with van der Waals surface area (Å²) in [5, 5.41) is 8.47. The molecular formula is C19H22FN3O3. The van der Waals surface area contributed by atoms with Gasteiger partial charge in [-0.2, -0.15) is 0 Å². The Balaban J connectivity index is 1.83. The number of hydrogen-bond donors (Lipinski definition) is 3. The fourth-order valence-electron chi connectivity index (χ4n) is 2.36. The van der Waals surface area contributed by atoms with Crippen molar-refractivity contribution in [3.63, 3.8) is 0 Å². The Morgan fingerprint density at radius 1 is 1.12 bits per heavy atom. The molecule has 2 amide bonds. The van der Waals surface area contributed by atoms with Crippen LogP contribution in [0.2, 0.25) is 0 Å². The fraction of sp³-hybridized carbons (Fsp3) is 0.263. The van der Waals surface area contributed by atoms with Crippen molar-refractivity contribution in [2.45, 2.75) is 13.3 Å². The fourth-order valence-corrected chi connectivity index (χ4v) is 2.36. The third-order valence-electron chi connectivity index (χ3n) is 3.61. The maximum Gasteiger partial charge on any atom is 0.239 e. The van der Waals surface area contributed by atoms with Crippen LogP contribution in [0.1, 0.15) is 12.5 Å². The molecule has 0 saturated carbocycles. The van der Waals surface area contributed by atoms with Crippen LogP contribution in [0.5, 0.6) is 5.75 Å². The van der Waals surface area contributed by atoms with Gasteiger partial charge in [0.05, 0.1) is 19.3 Å². The van der Waals surface area contributed by atoms with Crippen molar-refractivity contribution >= 4 is 23.2 Å². The van der Waals surface area contributed by atoms with E-state index in [0.717, 1.165) is 5.56 Å². The van der Waals surface area contributed by atoms with E-state index in [9.17, 15) is 14.0 Å². The van der Waals surface area contributed by atoms with Crippen molar-refractivity contribution in [1.29, 1.82) is 0 Å². The third kappa shape index (κ3) is 6.08. The Morgan fingerprint density at radius 3 is 2.50 bits per heavy atom. The molecule has 0 unspecified atom stereocenters. The third-order valence-corrected chi connectivity index (χ3v) is 3.61. The van der Waals surface area contributed by atoms with E-state index in [1.54, 1.807) is 30.3 Å². The summed E-state index contributed by atoms with van der Waals surface area (Å²) in [5.74, 6) is -0.0746. The molecule has 0 aromatic heterocycles. The van der Waals surface area contributed by atoms with Gasteiger partial charge in [-0.3, -0.25) is 9.59 Å². The van der Waals surface area contributed by atoms with Crippen LogP contribution in [0.4, 0.5) is 15.8 Å². The number of carbonyl (C=O) groups excluding carboxylic acids is 2. The van der Waals surface area contributed by atoms with Crippen molar-refractivity contribution in [3.05, 3.63) is 53.8 Å². The lowest BCUT2D eigenvalue weighted by molar-refractivity contribution is -0.119. The highest BCUT2D eigenvalue weighted by atomic mass is 19.1. The second kappa shape index (κ2) is 9.41. The van der Waals surface area contributed by atoms with E-state index in [0.29, 0.717) is 30.1 Å². The lowest BCUT2D eigenvalue weighted by Gasteiger charge is -2.13. The number of hydrogen-bond acceptors (Lipinski definition) is 4. The molecule has 26 heavy (non-hydrogen) atoms. The minimum Gasteiger partial charge on any atom is -0.495 e. The highest BCUT2D eigenvalue weighted by Crippen LogP contribution is 2.27. The second-order valence-electron chi connectivity index (χ2n) is 5.68.